The standard InChI is InChI=1S/C30H33ClFN3O6/c1-40-15-19-8-9-20(16-41-21-10-6-17(7-11-21)30(38)39)35(19)27(36)13-18-12-23(31)26(14-24(18)32)34-29(37)28-22-4-2-3-5-25(22)33-28/h2-5,12,14,17,19-21H,6-11,13,15-16H2,1H3,(H,34,37)(H,38,39)/p+1/t17?,19-,20?,21?/m1/s1. The molecule has 2 aromatic rings. The van der Waals surface area contributed by atoms with Crippen molar-refractivity contribution in [2.75, 3.05) is 25.6 Å². The highest BCUT2D eigenvalue weighted by Crippen LogP contribution is 2.31. The Labute approximate surface area is 242 Å². The Morgan fingerprint density at radius 1 is 1.07 bits per heavy atom. The number of nitrogens with one attached hydrogen (secondary N) is 2. The Balaban J connectivity index is 1.22. The van der Waals surface area contributed by atoms with Crippen molar-refractivity contribution in [1.29, 1.82) is 0 Å². The van der Waals surface area contributed by atoms with Gasteiger partial charge in [-0.15, -0.1) is 0 Å². The van der Waals surface area contributed by atoms with Gasteiger partial charge in [-0.25, -0.2) is 4.39 Å². The van der Waals surface area contributed by atoms with Gasteiger partial charge < -0.3 is 24.8 Å². The third-order valence-corrected chi connectivity index (χ3v) is 8.54. The number of likely N-dealkylation sites (tertiary alicyclic amines) is 1. The Kier molecular flexibility index (Phi) is 9.01. The lowest BCUT2D eigenvalue weighted by Crippen LogP contribution is -2.76. The summed E-state index contributed by atoms with van der Waals surface area (Å²) < 4.78 is 26.7. The van der Waals surface area contributed by atoms with Gasteiger partial charge in [-0.2, -0.15) is 4.99 Å². The molecule has 3 N–H and O–H groups in total. The number of ether oxygens (including phenoxy) is 2. The highest BCUT2D eigenvalue weighted by Gasteiger charge is 2.38. The molecule has 2 amide bonds. The molecule has 11 heteroatoms. The highest BCUT2D eigenvalue weighted by molar-refractivity contribution is 6.49. The van der Waals surface area contributed by atoms with Gasteiger partial charge in [0.05, 0.1) is 54.5 Å². The van der Waals surface area contributed by atoms with E-state index in [1.807, 2.05) is 24.3 Å². The van der Waals surface area contributed by atoms with Crippen LogP contribution in [0, 0.1) is 11.7 Å². The molecular formula is C30H34ClFN3O6+. The number of benzene rings is 2. The number of amides is 2. The van der Waals surface area contributed by atoms with Crippen molar-refractivity contribution in [1.82, 2.24) is 4.90 Å². The van der Waals surface area contributed by atoms with E-state index in [0.717, 1.165) is 30.2 Å². The first-order chi connectivity index (χ1) is 19.7. The molecule has 1 saturated heterocycles. The van der Waals surface area contributed by atoms with Crippen molar-refractivity contribution in [3.8, 4) is 0 Å². The molecule has 2 fully saturated rings. The minimum absolute atomic E-state index is 0.0372. The number of methoxy groups -OCH3 is 1. The SMILES string of the molecule is COC[C@H]1CCC(COC2CCC(C(=O)O)CC2)N1C(=O)Cc1cc(Cl)c(NC(=O)C2=[NH+]c3ccccc32)cc1F. The number of anilines is 1. The zero-order valence-corrected chi connectivity index (χ0v) is 23.6. The summed E-state index contributed by atoms with van der Waals surface area (Å²) in [5.74, 6) is -2.42. The number of para-hydroxylation sites is 1. The maximum Gasteiger partial charge on any atom is 0.321 e. The Bertz CT molecular complexity index is 1360. The number of halogens is 2. The van der Waals surface area contributed by atoms with Crippen LogP contribution in [0.3, 0.4) is 0 Å². The third-order valence-electron chi connectivity index (χ3n) is 8.22. The number of hydrogen-bond donors (Lipinski definition) is 3. The summed E-state index contributed by atoms with van der Waals surface area (Å²) in [5, 5.41) is 12.0. The van der Waals surface area contributed by atoms with Crippen molar-refractivity contribution in [3.05, 3.63) is 58.4 Å². The van der Waals surface area contributed by atoms with Gasteiger partial charge in [-0.05, 0) is 62.3 Å². The molecule has 0 bridgehead atoms. The molecule has 1 unspecified atom stereocenters. The molecule has 2 heterocycles. The van der Waals surface area contributed by atoms with E-state index >= 15 is 4.39 Å². The third kappa shape index (κ3) is 6.45. The van der Waals surface area contributed by atoms with Crippen LogP contribution in [-0.4, -0.2) is 72.0 Å². The Morgan fingerprint density at radius 3 is 2.46 bits per heavy atom. The van der Waals surface area contributed by atoms with Gasteiger partial charge in [0.2, 0.25) is 11.6 Å². The quantitative estimate of drug-likeness (QED) is 0.394. The van der Waals surface area contributed by atoms with Gasteiger partial charge in [-0.3, -0.25) is 14.4 Å². The molecule has 0 radical (unpaired) electrons. The van der Waals surface area contributed by atoms with Gasteiger partial charge >= 0.3 is 11.9 Å². The molecule has 5 rings (SSSR count). The average molecular weight is 587 g/mol. The molecule has 3 aliphatic rings. The first kappa shape index (κ1) is 29.2. The molecule has 1 saturated carbocycles. The summed E-state index contributed by atoms with van der Waals surface area (Å²) in [4.78, 5) is 42.2. The lowest BCUT2D eigenvalue weighted by Gasteiger charge is -2.32. The van der Waals surface area contributed by atoms with E-state index in [4.69, 9.17) is 21.1 Å². The predicted octanol–water partition coefficient (Wildman–Crippen LogP) is 2.84. The minimum atomic E-state index is -0.763. The van der Waals surface area contributed by atoms with Gasteiger partial charge in [0, 0.05) is 13.2 Å². The topological polar surface area (TPSA) is 119 Å². The lowest BCUT2D eigenvalue weighted by atomic mass is 9.87. The molecule has 2 aliphatic heterocycles. The number of carbonyl (C=O) groups is 3. The van der Waals surface area contributed by atoms with Crippen LogP contribution in [0.25, 0.3) is 0 Å². The molecule has 2 aromatic carbocycles. The zero-order chi connectivity index (χ0) is 29.1. The fraction of sp³-hybridized carbons (Fsp3) is 0.467. The first-order valence-electron chi connectivity index (χ1n) is 13.9. The lowest BCUT2D eigenvalue weighted by molar-refractivity contribution is -0.366. The number of carboxylic acids is 1. The van der Waals surface area contributed by atoms with E-state index in [1.165, 1.54) is 6.07 Å². The maximum absolute atomic E-state index is 15.2. The first-order valence-corrected chi connectivity index (χ1v) is 14.3. The van der Waals surface area contributed by atoms with Crippen LogP contribution >= 0.6 is 11.6 Å². The second kappa shape index (κ2) is 12.7. The van der Waals surface area contributed by atoms with Crippen molar-refractivity contribution in [2.24, 2.45) is 5.92 Å². The van der Waals surface area contributed by atoms with Gasteiger partial charge in [-0.1, -0.05) is 23.7 Å². The summed E-state index contributed by atoms with van der Waals surface area (Å²) in [6.45, 7) is 0.689. The molecule has 2 atom stereocenters. The highest BCUT2D eigenvalue weighted by atomic mass is 35.5. The second-order valence-corrected chi connectivity index (χ2v) is 11.3. The Hall–Kier alpha value is -3.34. The number of carbonyl (C=O) groups excluding carboxylic acids is 2. The summed E-state index contributed by atoms with van der Waals surface area (Å²) in [7, 11) is 1.58. The van der Waals surface area contributed by atoms with E-state index in [1.54, 1.807) is 12.0 Å². The number of hydrogen-bond acceptors (Lipinski definition) is 5. The van der Waals surface area contributed by atoms with E-state index < -0.39 is 17.7 Å². The van der Waals surface area contributed by atoms with Crippen LogP contribution in [0.4, 0.5) is 15.8 Å². The number of fused-ring (bicyclic) bond motifs is 1. The number of aliphatic carboxylic acids is 1. The smallest absolute Gasteiger partial charge is 0.321 e. The van der Waals surface area contributed by atoms with Crippen molar-refractivity contribution >= 4 is 46.5 Å². The van der Waals surface area contributed by atoms with Crippen molar-refractivity contribution in [2.45, 2.75) is 63.1 Å². The fourth-order valence-corrected chi connectivity index (χ4v) is 6.23. The zero-order valence-electron chi connectivity index (χ0n) is 22.8. The normalized spacial score (nSPS) is 23.4. The van der Waals surface area contributed by atoms with Crippen LogP contribution in [-0.2, 0) is 30.3 Å². The Morgan fingerprint density at radius 2 is 1.78 bits per heavy atom. The van der Waals surface area contributed by atoms with E-state index in [-0.39, 0.29) is 52.7 Å². The largest absolute Gasteiger partial charge is 0.481 e. The summed E-state index contributed by atoms with van der Waals surface area (Å²) in [5.41, 5.74) is 2.23. The van der Waals surface area contributed by atoms with Crippen LogP contribution < -0.4 is 10.3 Å². The van der Waals surface area contributed by atoms with Crippen LogP contribution in [0.15, 0.2) is 36.4 Å². The van der Waals surface area contributed by atoms with Crippen LogP contribution in [0.5, 0.6) is 0 Å². The van der Waals surface area contributed by atoms with Crippen LogP contribution in [0.2, 0.25) is 5.02 Å². The average Bonchev–Trinajstić information content (AvgIpc) is 3.34. The van der Waals surface area contributed by atoms with Gasteiger partial charge in [0.15, 0.2) is 0 Å². The van der Waals surface area contributed by atoms with E-state index in [0.29, 0.717) is 44.6 Å². The van der Waals surface area contributed by atoms with Crippen molar-refractivity contribution < 1.29 is 38.3 Å². The number of carboxylic acid groups (broad SMARTS) is 1. The monoisotopic (exact) mass is 586 g/mol. The molecule has 218 valence electrons. The molecule has 1 aliphatic carbocycles. The van der Waals surface area contributed by atoms with Crippen molar-refractivity contribution in [3.63, 3.8) is 0 Å². The second-order valence-electron chi connectivity index (χ2n) is 10.9. The van der Waals surface area contributed by atoms with Gasteiger partial charge in [0.25, 0.3) is 5.71 Å². The molecule has 0 spiro atoms. The molecule has 9 nitrogen and oxygen atoms in total. The number of nitrogens with zero attached hydrogens (tertiary/aromatic N) is 1. The van der Waals surface area contributed by atoms with E-state index in [2.05, 4.69) is 10.3 Å². The molecule has 0 aromatic heterocycles. The molecular weight excluding hydrogens is 553 g/mol. The predicted molar refractivity (Wildman–Crippen MR) is 150 cm³/mol. The molecule has 41 heavy (non-hydrogen) atoms. The van der Waals surface area contributed by atoms with Gasteiger partial charge in [0.1, 0.15) is 11.4 Å². The number of rotatable bonds is 10. The fourth-order valence-electron chi connectivity index (χ4n) is 6.00. The van der Waals surface area contributed by atoms with Crippen LogP contribution in [0.1, 0.15) is 49.7 Å². The summed E-state index contributed by atoms with van der Waals surface area (Å²) in [6, 6.07) is 9.52. The minimum Gasteiger partial charge on any atom is -0.481 e. The summed E-state index contributed by atoms with van der Waals surface area (Å²) >= 11 is 6.41. The summed E-state index contributed by atoms with van der Waals surface area (Å²) in [6.07, 6.45) is 3.74. The maximum atomic E-state index is 15.2. The van der Waals surface area contributed by atoms with E-state index in [9.17, 15) is 19.5 Å².